The quantitative estimate of drug-likeness (QED) is 0.633. The normalized spacial score (nSPS) is 37.8. The van der Waals surface area contributed by atoms with Gasteiger partial charge < -0.3 is 5.32 Å². The van der Waals surface area contributed by atoms with E-state index in [0.717, 1.165) is 12.1 Å². The average molecular weight is 168 g/mol. The summed E-state index contributed by atoms with van der Waals surface area (Å²) in [4.78, 5) is 2.69. The molecule has 2 aliphatic rings. The number of likely N-dealkylation sites (N-methyl/N-ethyl adjacent to an activating group) is 1. The van der Waals surface area contributed by atoms with Crippen LogP contribution in [-0.4, -0.2) is 37.1 Å². The minimum absolute atomic E-state index is 0.777. The summed E-state index contributed by atoms with van der Waals surface area (Å²) in [6, 6.07) is 1.64. The Balaban J connectivity index is 1.99. The molecule has 2 fully saturated rings. The van der Waals surface area contributed by atoms with Gasteiger partial charge in [0, 0.05) is 12.1 Å². The van der Waals surface area contributed by atoms with Crippen molar-refractivity contribution in [1.29, 1.82) is 0 Å². The Bertz CT molecular complexity index is 138. The van der Waals surface area contributed by atoms with E-state index in [4.69, 9.17) is 0 Å². The van der Waals surface area contributed by atoms with Gasteiger partial charge in [0.05, 0.1) is 0 Å². The standard InChI is InChI=1S/C10H20N2/c1-11-9-5-4-8-12-7-3-2-6-10(9)12/h9-11H,2-8H2,1H3/t9-,10+/m0/s1. The summed E-state index contributed by atoms with van der Waals surface area (Å²) < 4.78 is 0. The maximum atomic E-state index is 3.46. The first-order valence-corrected chi connectivity index (χ1v) is 5.33. The van der Waals surface area contributed by atoms with E-state index in [9.17, 15) is 0 Å². The number of hydrogen-bond donors (Lipinski definition) is 1. The van der Waals surface area contributed by atoms with Crippen LogP contribution in [0.25, 0.3) is 0 Å². The lowest BCUT2D eigenvalue weighted by Gasteiger charge is -2.44. The zero-order valence-corrected chi connectivity index (χ0v) is 8.05. The molecule has 2 heterocycles. The van der Waals surface area contributed by atoms with Gasteiger partial charge in [-0.2, -0.15) is 0 Å². The molecule has 12 heavy (non-hydrogen) atoms. The Kier molecular flexibility index (Phi) is 2.66. The fourth-order valence-corrected chi connectivity index (χ4v) is 2.79. The van der Waals surface area contributed by atoms with E-state index in [1.54, 1.807) is 0 Å². The third kappa shape index (κ3) is 1.50. The van der Waals surface area contributed by atoms with E-state index < -0.39 is 0 Å². The molecule has 0 aromatic carbocycles. The van der Waals surface area contributed by atoms with Crippen LogP contribution in [0.4, 0.5) is 0 Å². The van der Waals surface area contributed by atoms with Gasteiger partial charge in [0.1, 0.15) is 0 Å². The van der Waals surface area contributed by atoms with Crippen molar-refractivity contribution in [3.05, 3.63) is 0 Å². The SMILES string of the molecule is CN[C@H]1CCCN2CCCC[C@H]12. The Morgan fingerprint density at radius 2 is 1.92 bits per heavy atom. The molecule has 70 valence electrons. The van der Waals surface area contributed by atoms with Crippen molar-refractivity contribution < 1.29 is 0 Å². The molecular formula is C10H20N2. The Labute approximate surface area is 75.3 Å². The van der Waals surface area contributed by atoms with Gasteiger partial charge in [-0.15, -0.1) is 0 Å². The van der Waals surface area contributed by atoms with Crippen molar-refractivity contribution in [2.75, 3.05) is 20.1 Å². The summed E-state index contributed by atoms with van der Waals surface area (Å²) in [5.74, 6) is 0. The predicted octanol–water partition coefficient (Wildman–Crippen LogP) is 1.22. The van der Waals surface area contributed by atoms with Crippen molar-refractivity contribution in [1.82, 2.24) is 10.2 Å². The van der Waals surface area contributed by atoms with Gasteiger partial charge >= 0.3 is 0 Å². The summed E-state index contributed by atoms with van der Waals surface area (Å²) in [5.41, 5.74) is 0. The Morgan fingerprint density at radius 3 is 2.75 bits per heavy atom. The molecule has 2 rings (SSSR count). The lowest BCUT2D eigenvalue weighted by Crippen LogP contribution is -2.54. The van der Waals surface area contributed by atoms with Crippen LogP contribution in [0.2, 0.25) is 0 Å². The highest BCUT2D eigenvalue weighted by atomic mass is 15.2. The molecule has 0 unspecified atom stereocenters. The van der Waals surface area contributed by atoms with Gasteiger partial charge in [0.2, 0.25) is 0 Å². The van der Waals surface area contributed by atoms with E-state index in [-0.39, 0.29) is 0 Å². The molecule has 0 aliphatic carbocycles. The minimum atomic E-state index is 0.777. The highest BCUT2D eigenvalue weighted by Gasteiger charge is 2.31. The third-order valence-electron chi connectivity index (χ3n) is 3.46. The van der Waals surface area contributed by atoms with Crippen LogP contribution in [0.3, 0.4) is 0 Å². The van der Waals surface area contributed by atoms with Gasteiger partial charge in [-0.1, -0.05) is 6.42 Å². The van der Waals surface area contributed by atoms with Gasteiger partial charge in [-0.25, -0.2) is 0 Å². The largest absolute Gasteiger partial charge is 0.315 e. The van der Waals surface area contributed by atoms with Gasteiger partial charge in [0.25, 0.3) is 0 Å². The summed E-state index contributed by atoms with van der Waals surface area (Å²) in [5, 5.41) is 3.46. The second-order valence-corrected chi connectivity index (χ2v) is 4.14. The number of nitrogens with one attached hydrogen (secondary N) is 1. The first-order chi connectivity index (χ1) is 5.92. The Hall–Kier alpha value is -0.0800. The molecule has 0 saturated carbocycles. The second kappa shape index (κ2) is 3.75. The molecule has 0 aromatic rings. The molecule has 0 spiro atoms. The van der Waals surface area contributed by atoms with E-state index in [1.807, 2.05) is 0 Å². The monoisotopic (exact) mass is 168 g/mol. The molecule has 1 N–H and O–H groups in total. The first-order valence-electron chi connectivity index (χ1n) is 5.33. The van der Waals surface area contributed by atoms with Crippen LogP contribution in [-0.2, 0) is 0 Å². The van der Waals surface area contributed by atoms with E-state index in [2.05, 4.69) is 17.3 Å². The smallest absolute Gasteiger partial charge is 0.0249 e. The van der Waals surface area contributed by atoms with Gasteiger partial charge in [-0.3, -0.25) is 4.90 Å². The molecule has 2 nitrogen and oxygen atoms in total. The molecule has 0 radical (unpaired) electrons. The van der Waals surface area contributed by atoms with E-state index in [1.165, 1.54) is 45.2 Å². The van der Waals surface area contributed by atoms with Crippen LogP contribution >= 0.6 is 0 Å². The molecule has 2 atom stereocenters. The summed E-state index contributed by atoms with van der Waals surface area (Å²) in [6.45, 7) is 2.70. The van der Waals surface area contributed by atoms with Crippen molar-refractivity contribution in [2.24, 2.45) is 0 Å². The number of hydrogen-bond acceptors (Lipinski definition) is 2. The van der Waals surface area contributed by atoms with Crippen LogP contribution < -0.4 is 5.32 Å². The molecule has 0 bridgehead atoms. The number of fused-ring (bicyclic) bond motifs is 1. The van der Waals surface area contributed by atoms with Crippen LogP contribution in [0, 0.1) is 0 Å². The lowest BCUT2D eigenvalue weighted by molar-refractivity contribution is 0.0806. The first kappa shape index (κ1) is 8.52. The van der Waals surface area contributed by atoms with Gasteiger partial charge in [-0.05, 0) is 45.8 Å². The number of rotatable bonds is 1. The topological polar surface area (TPSA) is 15.3 Å². The second-order valence-electron chi connectivity index (χ2n) is 4.14. The molecule has 0 amide bonds. The zero-order chi connectivity index (χ0) is 8.39. The lowest BCUT2D eigenvalue weighted by atomic mass is 9.89. The number of piperidine rings is 2. The fourth-order valence-electron chi connectivity index (χ4n) is 2.79. The molecule has 2 aliphatic heterocycles. The minimum Gasteiger partial charge on any atom is -0.315 e. The van der Waals surface area contributed by atoms with Crippen LogP contribution in [0.1, 0.15) is 32.1 Å². The number of nitrogens with zero attached hydrogens (tertiary/aromatic N) is 1. The summed E-state index contributed by atoms with van der Waals surface area (Å²) >= 11 is 0. The van der Waals surface area contributed by atoms with Gasteiger partial charge in [0.15, 0.2) is 0 Å². The highest BCUT2D eigenvalue weighted by molar-refractivity contribution is 4.90. The highest BCUT2D eigenvalue weighted by Crippen LogP contribution is 2.25. The molecule has 2 saturated heterocycles. The summed E-state index contributed by atoms with van der Waals surface area (Å²) in [7, 11) is 2.11. The Morgan fingerprint density at radius 1 is 1.08 bits per heavy atom. The van der Waals surface area contributed by atoms with Crippen molar-refractivity contribution in [3.8, 4) is 0 Å². The van der Waals surface area contributed by atoms with Crippen molar-refractivity contribution in [3.63, 3.8) is 0 Å². The molecular weight excluding hydrogens is 148 g/mol. The summed E-state index contributed by atoms with van der Waals surface area (Å²) in [6.07, 6.45) is 7.07. The maximum Gasteiger partial charge on any atom is 0.0249 e. The fraction of sp³-hybridized carbons (Fsp3) is 1.00. The predicted molar refractivity (Wildman–Crippen MR) is 51.3 cm³/mol. The zero-order valence-electron chi connectivity index (χ0n) is 8.05. The average Bonchev–Trinajstić information content (AvgIpc) is 2.17. The van der Waals surface area contributed by atoms with Crippen molar-refractivity contribution >= 4 is 0 Å². The molecule has 0 aromatic heterocycles. The van der Waals surface area contributed by atoms with Crippen molar-refractivity contribution in [2.45, 2.75) is 44.2 Å². The van der Waals surface area contributed by atoms with E-state index in [0.29, 0.717) is 0 Å². The third-order valence-corrected chi connectivity index (χ3v) is 3.46. The van der Waals surface area contributed by atoms with E-state index >= 15 is 0 Å². The van der Waals surface area contributed by atoms with Crippen LogP contribution in [0.5, 0.6) is 0 Å². The molecule has 2 heteroatoms. The maximum absolute atomic E-state index is 3.46. The van der Waals surface area contributed by atoms with Crippen LogP contribution in [0.15, 0.2) is 0 Å².